The standard InChI is InChI=1S/C30H35N3O7S/c1-20-15-33(21(2)18-34)30(35)24-10-7-11-25(31-41(36,37)23-8-5-4-6-9-23)29(24)40-28(20)17-32(3)16-22-12-13-26-27(14-22)39-19-38-26/h4-14,20-21,28,31,34H,15-19H2,1-3H3/t20-,21+,28+/m1/s1. The van der Waals surface area contributed by atoms with E-state index in [0.717, 1.165) is 11.3 Å². The maximum absolute atomic E-state index is 13.7. The molecule has 0 saturated carbocycles. The van der Waals surface area contributed by atoms with Crippen molar-refractivity contribution in [3.05, 3.63) is 77.9 Å². The molecule has 0 spiro atoms. The van der Waals surface area contributed by atoms with Gasteiger partial charge >= 0.3 is 0 Å². The lowest BCUT2D eigenvalue weighted by Gasteiger charge is -2.38. The first-order valence-electron chi connectivity index (χ1n) is 13.5. The molecule has 2 N–H and O–H groups in total. The summed E-state index contributed by atoms with van der Waals surface area (Å²) in [5.41, 5.74) is 1.44. The molecule has 3 aromatic carbocycles. The summed E-state index contributed by atoms with van der Waals surface area (Å²) < 4.78 is 46.6. The topological polar surface area (TPSA) is 118 Å². The fourth-order valence-electron chi connectivity index (χ4n) is 5.07. The molecule has 2 aliphatic rings. The van der Waals surface area contributed by atoms with Crippen LogP contribution in [0.1, 0.15) is 29.8 Å². The monoisotopic (exact) mass is 581 g/mol. The normalized spacial score (nSPS) is 19.2. The van der Waals surface area contributed by atoms with Crippen molar-refractivity contribution in [1.29, 1.82) is 0 Å². The highest BCUT2D eigenvalue weighted by Crippen LogP contribution is 2.36. The van der Waals surface area contributed by atoms with Gasteiger partial charge < -0.3 is 24.2 Å². The molecule has 0 aliphatic carbocycles. The van der Waals surface area contributed by atoms with E-state index < -0.39 is 22.2 Å². The van der Waals surface area contributed by atoms with Gasteiger partial charge in [0.05, 0.1) is 28.8 Å². The molecule has 10 nitrogen and oxygen atoms in total. The number of anilines is 1. The first-order valence-corrected chi connectivity index (χ1v) is 15.0. The summed E-state index contributed by atoms with van der Waals surface area (Å²) in [7, 11) is -1.97. The number of benzene rings is 3. The van der Waals surface area contributed by atoms with Crippen molar-refractivity contribution in [1.82, 2.24) is 9.80 Å². The van der Waals surface area contributed by atoms with Crippen molar-refractivity contribution in [3.63, 3.8) is 0 Å². The van der Waals surface area contributed by atoms with Gasteiger partial charge in [-0.05, 0) is 55.9 Å². The zero-order valence-corrected chi connectivity index (χ0v) is 24.1. The Morgan fingerprint density at radius 2 is 1.83 bits per heavy atom. The molecule has 0 radical (unpaired) electrons. The average Bonchev–Trinajstić information content (AvgIpc) is 3.43. The van der Waals surface area contributed by atoms with Gasteiger partial charge in [0, 0.05) is 25.6 Å². The maximum Gasteiger partial charge on any atom is 0.262 e. The summed E-state index contributed by atoms with van der Waals surface area (Å²) in [6.07, 6.45) is -0.406. The van der Waals surface area contributed by atoms with E-state index in [1.165, 1.54) is 12.1 Å². The minimum absolute atomic E-state index is 0.0960. The Kier molecular flexibility index (Phi) is 8.39. The Morgan fingerprint density at radius 3 is 2.59 bits per heavy atom. The fourth-order valence-corrected chi connectivity index (χ4v) is 6.15. The summed E-state index contributed by atoms with van der Waals surface area (Å²) in [6.45, 7) is 5.24. The van der Waals surface area contributed by atoms with Gasteiger partial charge in [0.25, 0.3) is 15.9 Å². The average molecular weight is 582 g/mol. The molecular weight excluding hydrogens is 546 g/mol. The molecule has 218 valence electrons. The summed E-state index contributed by atoms with van der Waals surface area (Å²) in [5, 5.41) is 9.93. The van der Waals surface area contributed by atoms with Crippen LogP contribution in [0, 0.1) is 5.92 Å². The Balaban J connectivity index is 1.46. The molecule has 0 saturated heterocycles. The Morgan fingerprint density at radius 1 is 1.07 bits per heavy atom. The highest BCUT2D eigenvalue weighted by Gasteiger charge is 2.35. The van der Waals surface area contributed by atoms with Gasteiger partial charge in [0.15, 0.2) is 17.2 Å². The fraction of sp³-hybridized carbons (Fsp3) is 0.367. The number of nitrogens with one attached hydrogen (secondary N) is 1. The molecular formula is C30H35N3O7S. The number of nitrogens with zero attached hydrogens (tertiary/aromatic N) is 2. The smallest absolute Gasteiger partial charge is 0.262 e. The SMILES string of the molecule is C[C@@H]1CN([C@@H](C)CO)C(=O)c2cccc(NS(=O)(=O)c3ccccc3)c2O[C@H]1CN(C)Cc1ccc2c(c1)OCO2. The van der Waals surface area contributed by atoms with E-state index in [1.54, 1.807) is 48.2 Å². The molecule has 11 heteroatoms. The number of carbonyl (C=O) groups is 1. The van der Waals surface area contributed by atoms with Crippen LogP contribution >= 0.6 is 0 Å². The number of ether oxygens (including phenoxy) is 3. The van der Waals surface area contributed by atoms with Crippen LogP contribution in [0.15, 0.2) is 71.6 Å². The van der Waals surface area contributed by atoms with E-state index in [0.29, 0.717) is 25.4 Å². The van der Waals surface area contributed by atoms with Crippen molar-refractivity contribution in [2.75, 3.05) is 38.3 Å². The molecule has 0 fully saturated rings. The molecule has 1 amide bonds. The Bertz CT molecular complexity index is 1500. The second-order valence-corrected chi connectivity index (χ2v) is 12.3. The highest BCUT2D eigenvalue weighted by atomic mass is 32.2. The summed E-state index contributed by atoms with van der Waals surface area (Å²) in [5.74, 6) is 1.13. The van der Waals surface area contributed by atoms with Crippen molar-refractivity contribution in [2.45, 2.75) is 37.4 Å². The molecule has 0 aromatic heterocycles. The lowest BCUT2D eigenvalue weighted by Crippen LogP contribution is -2.49. The van der Waals surface area contributed by atoms with Gasteiger partial charge in [0.1, 0.15) is 6.10 Å². The van der Waals surface area contributed by atoms with E-state index in [-0.39, 0.29) is 47.1 Å². The number of fused-ring (bicyclic) bond motifs is 2. The Hall–Kier alpha value is -3.80. The number of aliphatic hydroxyl groups is 1. The number of hydrogen-bond acceptors (Lipinski definition) is 8. The van der Waals surface area contributed by atoms with E-state index in [1.807, 2.05) is 32.2 Å². The second-order valence-electron chi connectivity index (χ2n) is 10.6. The van der Waals surface area contributed by atoms with Crippen molar-refractivity contribution in [2.24, 2.45) is 5.92 Å². The van der Waals surface area contributed by atoms with Gasteiger partial charge in [-0.15, -0.1) is 0 Å². The van der Waals surface area contributed by atoms with Crippen LogP contribution in [0.4, 0.5) is 5.69 Å². The van der Waals surface area contributed by atoms with Crippen LogP contribution < -0.4 is 18.9 Å². The van der Waals surface area contributed by atoms with Gasteiger partial charge in [-0.1, -0.05) is 37.3 Å². The van der Waals surface area contributed by atoms with Crippen LogP contribution in [0.2, 0.25) is 0 Å². The molecule has 0 bridgehead atoms. The van der Waals surface area contributed by atoms with Crippen molar-refractivity contribution in [3.8, 4) is 17.2 Å². The molecule has 2 heterocycles. The summed E-state index contributed by atoms with van der Waals surface area (Å²) in [6, 6.07) is 18.3. The molecule has 3 aromatic rings. The second kappa shape index (κ2) is 12.0. The third kappa shape index (κ3) is 6.27. The van der Waals surface area contributed by atoms with Crippen molar-refractivity contribution >= 4 is 21.6 Å². The van der Waals surface area contributed by atoms with E-state index in [4.69, 9.17) is 14.2 Å². The number of carbonyl (C=O) groups excluding carboxylic acids is 1. The first-order chi connectivity index (χ1) is 19.7. The third-order valence-electron chi connectivity index (χ3n) is 7.37. The predicted molar refractivity (Wildman–Crippen MR) is 154 cm³/mol. The van der Waals surface area contributed by atoms with Gasteiger partial charge in [0.2, 0.25) is 6.79 Å². The highest BCUT2D eigenvalue weighted by molar-refractivity contribution is 7.92. The summed E-state index contributed by atoms with van der Waals surface area (Å²) >= 11 is 0. The van der Waals surface area contributed by atoms with Gasteiger partial charge in [-0.3, -0.25) is 14.4 Å². The third-order valence-corrected chi connectivity index (χ3v) is 8.75. The van der Waals surface area contributed by atoms with Crippen LogP contribution in [0.25, 0.3) is 0 Å². The Labute approximate surface area is 240 Å². The number of rotatable bonds is 9. The predicted octanol–water partition coefficient (Wildman–Crippen LogP) is 3.57. The molecule has 5 rings (SSSR count). The number of sulfonamides is 1. The van der Waals surface area contributed by atoms with Crippen LogP contribution in [-0.2, 0) is 16.6 Å². The van der Waals surface area contributed by atoms with Crippen LogP contribution in [0.5, 0.6) is 17.2 Å². The first kappa shape index (κ1) is 28.7. The largest absolute Gasteiger partial charge is 0.486 e. The molecule has 2 aliphatic heterocycles. The number of hydrogen-bond donors (Lipinski definition) is 2. The van der Waals surface area contributed by atoms with Crippen molar-refractivity contribution < 1.29 is 32.5 Å². The van der Waals surface area contributed by atoms with Gasteiger partial charge in [-0.25, -0.2) is 8.42 Å². The number of likely N-dealkylation sites (N-methyl/N-ethyl adjacent to an activating group) is 1. The molecule has 0 unspecified atom stereocenters. The van der Waals surface area contributed by atoms with Crippen LogP contribution in [0.3, 0.4) is 0 Å². The minimum atomic E-state index is -3.95. The number of para-hydroxylation sites is 1. The summed E-state index contributed by atoms with van der Waals surface area (Å²) in [4.78, 5) is 17.5. The quantitative estimate of drug-likeness (QED) is 0.394. The van der Waals surface area contributed by atoms with E-state index >= 15 is 0 Å². The lowest BCUT2D eigenvalue weighted by molar-refractivity contribution is 0.0344. The zero-order valence-electron chi connectivity index (χ0n) is 23.3. The van der Waals surface area contributed by atoms with Crippen LogP contribution in [-0.4, -0.2) is 74.9 Å². The zero-order chi connectivity index (χ0) is 29.1. The van der Waals surface area contributed by atoms with Gasteiger partial charge in [-0.2, -0.15) is 0 Å². The minimum Gasteiger partial charge on any atom is -0.486 e. The molecule has 41 heavy (non-hydrogen) atoms. The number of aliphatic hydroxyl groups excluding tert-OH is 1. The van der Waals surface area contributed by atoms with E-state index in [2.05, 4.69) is 9.62 Å². The van der Waals surface area contributed by atoms with E-state index in [9.17, 15) is 18.3 Å². The maximum atomic E-state index is 13.7. The molecule has 3 atom stereocenters. The lowest BCUT2D eigenvalue weighted by atomic mass is 9.99. The number of amides is 1.